The summed E-state index contributed by atoms with van der Waals surface area (Å²) in [4.78, 5) is 0. The lowest BCUT2D eigenvalue weighted by molar-refractivity contribution is -0.146. The van der Waals surface area contributed by atoms with Crippen molar-refractivity contribution in [2.75, 3.05) is 0 Å². The lowest BCUT2D eigenvalue weighted by Gasteiger charge is -2.61. The molecule has 204 valence electrons. The zero-order valence-electron chi connectivity index (χ0n) is 23.7. The van der Waals surface area contributed by atoms with Gasteiger partial charge in [0, 0.05) is 0 Å². The fourth-order valence-electron chi connectivity index (χ4n) is 22.6. The van der Waals surface area contributed by atoms with Gasteiger partial charge in [0.05, 0.1) is 0 Å². The first-order valence-electron chi connectivity index (χ1n) is 19.0. The van der Waals surface area contributed by atoms with E-state index in [1.807, 2.05) is 0 Å². The summed E-state index contributed by atoms with van der Waals surface area (Å²) in [6, 6.07) is 0. The van der Waals surface area contributed by atoms with Gasteiger partial charge in [-0.05, 0) is 204 Å². The van der Waals surface area contributed by atoms with Gasteiger partial charge in [0.15, 0.2) is 0 Å². The van der Waals surface area contributed by atoms with Gasteiger partial charge in [-0.2, -0.15) is 0 Å². The number of hydrogen-bond acceptors (Lipinski definition) is 0. The predicted octanol–water partition coefficient (Wildman–Crippen LogP) is 7.21. The van der Waals surface area contributed by atoms with Crippen molar-refractivity contribution in [3.63, 3.8) is 0 Å². The Morgan fingerprint density at radius 2 is 0.600 bits per heavy atom. The molecule has 16 rings (SSSR count). The highest BCUT2D eigenvalue weighted by Crippen LogP contribution is 2.91. The third kappa shape index (κ3) is 1.44. The van der Waals surface area contributed by atoms with Crippen LogP contribution in [-0.4, -0.2) is 0 Å². The van der Waals surface area contributed by atoms with E-state index in [1.54, 1.807) is 38.5 Å². The molecule has 0 aromatic heterocycles. The van der Waals surface area contributed by atoms with Gasteiger partial charge in [-0.1, -0.05) is 35.5 Å². The molecule has 0 N–H and O–H groups in total. The van der Waals surface area contributed by atoms with E-state index < -0.39 is 0 Å². The summed E-state index contributed by atoms with van der Waals surface area (Å²) in [5.74, 6) is 31.3. The molecule has 0 radical (unpaired) electrons. The molecule has 0 saturated heterocycles. The van der Waals surface area contributed by atoms with Crippen molar-refractivity contribution in [3.05, 3.63) is 35.5 Å². The Bertz CT molecular complexity index is 1380. The standard InChI is InChI=1S/C40H44/c1-2-12-14-5-6-16-18-9-10-20-19-8-7-17-15-4-3-13-11(1)21-22(12)32-24(14)26(16)34-29(18)30(20)35-28(19)27(17)33-25(15)23(13)31(21)36-37(32)39(34)40(35)38(33)36/h1-4,11-30,32-35,37-40H,5-10H2. The van der Waals surface area contributed by atoms with Crippen molar-refractivity contribution in [1.29, 1.82) is 0 Å². The van der Waals surface area contributed by atoms with Crippen LogP contribution in [0.2, 0.25) is 0 Å². The van der Waals surface area contributed by atoms with E-state index >= 15 is 0 Å². The molecule has 0 aromatic rings. The van der Waals surface area contributed by atoms with Gasteiger partial charge in [-0.25, -0.2) is 0 Å². The molecule has 0 bridgehead atoms. The molecule has 0 spiro atoms. The molecule has 12 fully saturated rings. The Hall–Kier alpha value is -0.780. The van der Waals surface area contributed by atoms with Crippen LogP contribution < -0.4 is 0 Å². The summed E-state index contributed by atoms with van der Waals surface area (Å²) in [6.45, 7) is 0. The molecule has 0 amide bonds. The molecule has 28 atom stereocenters. The van der Waals surface area contributed by atoms with E-state index in [4.69, 9.17) is 0 Å². The van der Waals surface area contributed by atoms with Crippen LogP contribution in [0.4, 0.5) is 0 Å². The molecule has 0 nitrogen and oxygen atoms in total. The van der Waals surface area contributed by atoms with Gasteiger partial charge >= 0.3 is 0 Å². The summed E-state index contributed by atoms with van der Waals surface area (Å²) < 4.78 is 0. The Kier molecular flexibility index (Phi) is 2.62. The van der Waals surface area contributed by atoms with Crippen molar-refractivity contribution in [2.24, 2.45) is 166 Å². The van der Waals surface area contributed by atoms with Crippen LogP contribution in [0.15, 0.2) is 35.5 Å². The van der Waals surface area contributed by atoms with Crippen molar-refractivity contribution >= 4 is 0 Å². The fourth-order valence-corrected chi connectivity index (χ4v) is 22.6. The second-order valence-electron chi connectivity index (χ2n) is 19.9. The van der Waals surface area contributed by atoms with E-state index in [9.17, 15) is 0 Å². The smallest absolute Gasteiger partial charge is 0.00913 e. The number of rotatable bonds is 0. The molecule has 0 aromatic carbocycles. The highest BCUT2D eigenvalue weighted by atomic mass is 14.9. The van der Waals surface area contributed by atoms with Crippen molar-refractivity contribution in [3.8, 4) is 0 Å². The first-order valence-corrected chi connectivity index (χ1v) is 19.0. The minimum Gasteiger partial charge on any atom is -0.0845 e. The normalized spacial score (nSPS) is 82.6. The highest BCUT2D eigenvalue weighted by Gasteiger charge is 2.86. The van der Waals surface area contributed by atoms with Gasteiger partial charge in [-0.15, -0.1) is 0 Å². The second-order valence-corrected chi connectivity index (χ2v) is 19.9. The fraction of sp³-hybridized carbons (Fsp3) is 0.850. The summed E-state index contributed by atoms with van der Waals surface area (Å²) in [5, 5.41) is 0. The molecule has 28 unspecified atom stereocenters. The maximum absolute atomic E-state index is 2.96. The summed E-state index contributed by atoms with van der Waals surface area (Å²) in [6.07, 6.45) is 21.8. The monoisotopic (exact) mass is 524 g/mol. The first-order chi connectivity index (χ1) is 19.9. The summed E-state index contributed by atoms with van der Waals surface area (Å²) >= 11 is 0. The Morgan fingerprint density at radius 1 is 0.275 bits per heavy atom. The van der Waals surface area contributed by atoms with Crippen molar-refractivity contribution in [2.45, 2.75) is 38.5 Å². The van der Waals surface area contributed by atoms with Gasteiger partial charge < -0.3 is 0 Å². The molecule has 16 aliphatic rings. The van der Waals surface area contributed by atoms with Crippen molar-refractivity contribution < 1.29 is 0 Å². The van der Waals surface area contributed by atoms with Crippen LogP contribution in [-0.2, 0) is 0 Å². The average molecular weight is 525 g/mol. The lowest BCUT2D eigenvalue weighted by Crippen LogP contribution is -2.58. The predicted molar refractivity (Wildman–Crippen MR) is 151 cm³/mol. The van der Waals surface area contributed by atoms with Crippen LogP contribution in [0, 0.1) is 166 Å². The zero-order valence-corrected chi connectivity index (χ0v) is 23.7. The Labute approximate surface area is 239 Å². The van der Waals surface area contributed by atoms with Crippen LogP contribution in [0.5, 0.6) is 0 Å². The third-order valence-electron chi connectivity index (χ3n) is 21.3. The van der Waals surface area contributed by atoms with Crippen LogP contribution in [0.3, 0.4) is 0 Å². The molecule has 16 aliphatic carbocycles. The molecule has 12 saturated carbocycles. The topological polar surface area (TPSA) is 0 Å². The first kappa shape index (κ1) is 19.5. The maximum Gasteiger partial charge on any atom is -0.00913 e. The quantitative estimate of drug-likeness (QED) is 0.294. The SMILES string of the molecule is C1=CC2C3CCC4C5CCC6C7CCC8C9C=CC%10C1C1C%11=C%12C%13C(C21)C3C4C1C5C6C2C7C8C(C%12C2C%131)C9C%11%10. The zero-order chi connectivity index (χ0) is 24.4. The highest BCUT2D eigenvalue weighted by molar-refractivity contribution is 5.51. The van der Waals surface area contributed by atoms with Crippen LogP contribution in [0.1, 0.15) is 38.5 Å². The van der Waals surface area contributed by atoms with Crippen molar-refractivity contribution in [1.82, 2.24) is 0 Å². The van der Waals surface area contributed by atoms with E-state index in [1.165, 1.54) is 71.0 Å². The molecule has 0 heterocycles. The average Bonchev–Trinajstić information content (AvgIpc) is 3.79. The number of fused-ring (bicyclic) bond motifs is 5. The van der Waals surface area contributed by atoms with Gasteiger partial charge in [-0.3, -0.25) is 0 Å². The minimum absolute atomic E-state index is 0.901. The molecule has 40 heavy (non-hydrogen) atoms. The molecular weight excluding hydrogens is 480 g/mol. The largest absolute Gasteiger partial charge is 0.0845 e. The van der Waals surface area contributed by atoms with Gasteiger partial charge in [0.2, 0.25) is 0 Å². The molecular formula is C40H44. The van der Waals surface area contributed by atoms with E-state index in [2.05, 4.69) is 35.5 Å². The van der Waals surface area contributed by atoms with E-state index in [0.717, 1.165) is 94.7 Å². The minimum atomic E-state index is 0.901. The van der Waals surface area contributed by atoms with Gasteiger partial charge in [0.1, 0.15) is 0 Å². The second kappa shape index (κ2) is 5.38. The van der Waals surface area contributed by atoms with E-state index in [0.29, 0.717) is 0 Å². The van der Waals surface area contributed by atoms with Gasteiger partial charge in [0.25, 0.3) is 0 Å². The van der Waals surface area contributed by atoms with Crippen LogP contribution in [0.25, 0.3) is 0 Å². The Balaban J connectivity index is 1.10. The number of allylic oxidation sites excluding steroid dienone is 6. The Morgan fingerprint density at radius 3 is 1.05 bits per heavy atom. The van der Waals surface area contributed by atoms with Crippen LogP contribution >= 0.6 is 0 Å². The molecule has 0 aliphatic heterocycles. The summed E-state index contributed by atoms with van der Waals surface area (Å²) in [5.41, 5.74) is 4.62. The number of hydrogen-bond donors (Lipinski definition) is 0. The molecule has 0 heteroatoms. The third-order valence-corrected chi connectivity index (χ3v) is 21.3. The lowest BCUT2D eigenvalue weighted by atomic mass is 9.43. The summed E-state index contributed by atoms with van der Waals surface area (Å²) in [7, 11) is 0. The van der Waals surface area contributed by atoms with E-state index in [-0.39, 0.29) is 0 Å². The maximum atomic E-state index is 2.96.